The van der Waals surface area contributed by atoms with Crippen LogP contribution in [0, 0.1) is 11.6 Å². The van der Waals surface area contributed by atoms with Gasteiger partial charge >= 0.3 is 0 Å². The summed E-state index contributed by atoms with van der Waals surface area (Å²) in [6, 6.07) is 2.92. The molecular formula is C12H14BrF2N. The van der Waals surface area contributed by atoms with Gasteiger partial charge in [-0.3, -0.25) is 0 Å². The van der Waals surface area contributed by atoms with Gasteiger partial charge in [-0.1, -0.05) is 6.42 Å². The highest BCUT2D eigenvalue weighted by molar-refractivity contribution is 9.10. The van der Waals surface area contributed by atoms with Crippen molar-refractivity contribution in [3.63, 3.8) is 0 Å². The summed E-state index contributed by atoms with van der Waals surface area (Å²) in [5.41, 5.74) is 0.189. The molecule has 16 heavy (non-hydrogen) atoms. The smallest absolute Gasteiger partial charge is 0.143 e. The van der Waals surface area contributed by atoms with E-state index < -0.39 is 11.6 Å². The van der Waals surface area contributed by atoms with Crippen molar-refractivity contribution < 1.29 is 8.78 Å². The second-order valence-electron chi connectivity index (χ2n) is 4.17. The Bertz CT molecular complexity index is 376. The highest BCUT2D eigenvalue weighted by Crippen LogP contribution is 2.24. The Morgan fingerprint density at radius 1 is 1.31 bits per heavy atom. The number of halogens is 3. The second kappa shape index (κ2) is 5.23. The standard InChI is InChI=1S/C12H14BrF2N/c13-10-4-5-11(14)9(12(10)15)7-8-3-1-2-6-16-8/h4-5,8,16H,1-3,6-7H2. The minimum atomic E-state index is -0.465. The highest BCUT2D eigenvalue weighted by atomic mass is 79.9. The first kappa shape index (κ1) is 12.0. The van der Waals surface area contributed by atoms with E-state index in [1.165, 1.54) is 12.1 Å². The van der Waals surface area contributed by atoms with Crippen molar-refractivity contribution in [2.45, 2.75) is 31.7 Å². The Labute approximate surface area is 102 Å². The summed E-state index contributed by atoms with van der Waals surface area (Å²) in [7, 11) is 0. The van der Waals surface area contributed by atoms with Gasteiger partial charge in [-0.25, -0.2) is 8.78 Å². The minimum absolute atomic E-state index is 0.189. The van der Waals surface area contributed by atoms with Gasteiger partial charge in [0.2, 0.25) is 0 Å². The predicted octanol–water partition coefficient (Wildman–Crippen LogP) is 3.41. The monoisotopic (exact) mass is 289 g/mol. The molecule has 0 spiro atoms. The third-order valence-corrected chi connectivity index (χ3v) is 3.61. The molecule has 0 amide bonds. The van der Waals surface area contributed by atoms with Gasteiger partial charge in [0, 0.05) is 11.6 Å². The van der Waals surface area contributed by atoms with Crippen molar-refractivity contribution in [3.05, 3.63) is 33.8 Å². The van der Waals surface area contributed by atoms with Crippen LogP contribution >= 0.6 is 15.9 Å². The van der Waals surface area contributed by atoms with Gasteiger partial charge in [-0.05, 0) is 53.9 Å². The first-order chi connectivity index (χ1) is 7.68. The van der Waals surface area contributed by atoms with Crippen LogP contribution in [0.5, 0.6) is 0 Å². The van der Waals surface area contributed by atoms with E-state index in [-0.39, 0.29) is 11.6 Å². The third kappa shape index (κ3) is 2.61. The van der Waals surface area contributed by atoms with Gasteiger partial charge < -0.3 is 5.32 Å². The molecule has 1 aromatic rings. The maximum Gasteiger partial charge on any atom is 0.143 e. The van der Waals surface area contributed by atoms with E-state index in [1.54, 1.807) is 0 Å². The molecule has 0 aromatic heterocycles. The van der Waals surface area contributed by atoms with Crippen LogP contribution in [0.2, 0.25) is 0 Å². The van der Waals surface area contributed by atoms with Gasteiger partial charge in [0.05, 0.1) is 4.47 Å². The van der Waals surface area contributed by atoms with Crippen LogP contribution in [0.1, 0.15) is 24.8 Å². The van der Waals surface area contributed by atoms with Crippen LogP contribution in [0.4, 0.5) is 8.78 Å². The highest BCUT2D eigenvalue weighted by Gasteiger charge is 2.19. The SMILES string of the molecule is Fc1ccc(Br)c(F)c1CC1CCCCN1. The van der Waals surface area contributed by atoms with Gasteiger partial charge in [0.1, 0.15) is 11.6 Å². The number of benzene rings is 1. The van der Waals surface area contributed by atoms with E-state index in [0.717, 1.165) is 25.8 Å². The van der Waals surface area contributed by atoms with Crippen LogP contribution < -0.4 is 5.32 Å². The van der Waals surface area contributed by atoms with Crippen molar-refractivity contribution in [1.29, 1.82) is 0 Å². The molecule has 1 nitrogen and oxygen atoms in total. The molecule has 1 aliphatic heterocycles. The van der Waals surface area contributed by atoms with Crippen LogP contribution in [0.25, 0.3) is 0 Å². The van der Waals surface area contributed by atoms with Crippen LogP contribution in [0.3, 0.4) is 0 Å². The number of hydrogen-bond acceptors (Lipinski definition) is 1. The zero-order valence-electron chi connectivity index (χ0n) is 8.90. The molecule has 2 rings (SSSR count). The molecule has 1 aliphatic rings. The fourth-order valence-corrected chi connectivity index (χ4v) is 2.47. The lowest BCUT2D eigenvalue weighted by Crippen LogP contribution is -2.36. The Morgan fingerprint density at radius 3 is 2.81 bits per heavy atom. The molecule has 4 heteroatoms. The largest absolute Gasteiger partial charge is 0.314 e. The molecule has 0 bridgehead atoms. The molecular weight excluding hydrogens is 276 g/mol. The van der Waals surface area contributed by atoms with Crippen LogP contribution in [-0.2, 0) is 6.42 Å². The third-order valence-electron chi connectivity index (χ3n) is 3.00. The molecule has 88 valence electrons. The molecule has 1 heterocycles. The Kier molecular flexibility index (Phi) is 3.92. The van der Waals surface area contributed by atoms with Gasteiger partial charge in [-0.2, -0.15) is 0 Å². The molecule has 1 saturated heterocycles. The summed E-state index contributed by atoms with van der Waals surface area (Å²) in [4.78, 5) is 0. The van der Waals surface area contributed by atoms with Crippen molar-refractivity contribution >= 4 is 15.9 Å². The first-order valence-electron chi connectivity index (χ1n) is 5.54. The Hall–Kier alpha value is -0.480. The maximum atomic E-state index is 13.7. The second-order valence-corrected chi connectivity index (χ2v) is 5.03. The Morgan fingerprint density at radius 2 is 2.12 bits per heavy atom. The van der Waals surface area contributed by atoms with Crippen molar-refractivity contribution in [2.24, 2.45) is 0 Å². The fourth-order valence-electron chi connectivity index (χ4n) is 2.10. The summed E-state index contributed by atoms with van der Waals surface area (Å²) in [6.07, 6.45) is 3.71. The molecule has 1 aromatic carbocycles. The minimum Gasteiger partial charge on any atom is -0.314 e. The number of piperidine rings is 1. The van der Waals surface area contributed by atoms with Gasteiger partial charge in [0.15, 0.2) is 0 Å². The number of rotatable bonds is 2. The summed E-state index contributed by atoms with van der Waals surface area (Å²) in [5, 5.41) is 3.29. The molecule has 0 radical (unpaired) electrons. The number of hydrogen-bond donors (Lipinski definition) is 1. The predicted molar refractivity (Wildman–Crippen MR) is 63.4 cm³/mol. The average Bonchev–Trinajstić information content (AvgIpc) is 2.31. The molecule has 0 saturated carbocycles. The maximum absolute atomic E-state index is 13.7. The molecule has 1 N–H and O–H groups in total. The van der Waals surface area contributed by atoms with Gasteiger partial charge in [0.25, 0.3) is 0 Å². The lowest BCUT2D eigenvalue weighted by Gasteiger charge is -2.23. The lowest BCUT2D eigenvalue weighted by atomic mass is 9.97. The van der Waals surface area contributed by atoms with Crippen molar-refractivity contribution in [3.8, 4) is 0 Å². The van der Waals surface area contributed by atoms with E-state index in [1.807, 2.05) is 0 Å². The van der Waals surface area contributed by atoms with E-state index in [4.69, 9.17) is 0 Å². The summed E-state index contributed by atoms with van der Waals surface area (Å²) in [6.45, 7) is 0.946. The van der Waals surface area contributed by atoms with E-state index in [0.29, 0.717) is 10.9 Å². The average molecular weight is 290 g/mol. The van der Waals surface area contributed by atoms with Crippen molar-refractivity contribution in [1.82, 2.24) is 5.32 Å². The first-order valence-corrected chi connectivity index (χ1v) is 6.33. The molecule has 0 aliphatic carbocycles. The molecule has 1 atom stereocenters. The van der Waals surface area contributed by atoms with Crippen LogP contribution in [-0.4, -0.2) is 12.6 Å². The topological polar surface area (TPSA) is 12.0 Å². The summed E-state index contributed by atoms with van der Waals surface area (Å²) < 4.78 is 27.5. The summed E-state index contributed by atoms with van der Waals surface area (Å²) in [5.74, 6) is -0.916. The molecule has 1 unspecified atom stereocenters. The zero-order chi connectivity index (χ0) is 11.5. The fraction of sp³-hybridized carbons (Fsp3) is 0.500. The summed E-state index contributed by atoms with van der Waals surface area (Å²) >= 11 is 3.08. The van der Waals surface area contributed by atoms with Gasteiger partial charge in [-0.15, -0.1) is 0 Å². The van der Waals surface area contributed by atoms with Crippen LogP contribution in [0.15, 0.2) is 16.6 Å². The van der Waals surface area contributed by atoms with E-state index >= 15 is 0 Å². The lowest BCUT2D eigenvalue weighted by molar-refractivity contribution is 0.389. The van der Waals surface area contributed by atoms with E-state index in [9.17, 15) is 8.78 Å². The van der Waals surface area contributed by atoms with Crippen molar-refractivity contribution in [2.75, 3.05) is 6.54 Å². The number of nitrogens with one attached hydrogen (secondary N) is 1. The normalized spacial score (nSPS) is 21.1. The zero-order valence-corrected chi connectivity index (χ0v) is 10.5. The Balaban J connectivity index is 2.16. The van der Waals surface area contributed by atoms with E-state index in [2.05, 4.69) is 21.2 Å². The quantitative estimate of drug-likeness (QED) is 0.823. The molecule has 1 fully saturated rings.